The quantitative estimate of drug-likeness (QED) is 0.667. The van der Waals surface area contributed by atoms with Crippen LogP contribution in [0.15, 0.2) is 48.5 Å². The SMILES string of the molecule is c1ccc2c(c1)O[Si]1(O2)Oc2ccccc2O1. The van der Waals surface area contributed by atoms with E-state index in [9.17, 15) is 0 Å². The van der Waals surface area contributed by atoms with Crippen molar-refractivity contribution in [1.82, 2.24) is 0 Å². The van der Waals surface area contributed by atoms with Crippen LogP contribution in [0.3, 0.4) is 0 Å². The summed E-state index contributed by atoms with van der Waals surface area (Å²) in [7, 11) is -3.08. The molecule has 2 aliphatic rings. The first kappa shape index (κ1) is 8.95. The second kappa shape index (κ2) is 2.95. The lowest BCUT2D eigenvalue weighted by atomic mass is 10.3. The highest BCUT2D eigenvalue weighted by Crippen LogP contribution is 2.44. The van der Waals surface area contributed by atoms with Gasteiger partial charge in [0, 0.05) is 0 Å². The van der Waals surface area contributed by atoms with Gasteiger partial charge in [0.25, 0.3) is 0 Å². The van der Waals surface area contributed by atoms with E-state index < -0.39 is 9.05 Å². The summed E-state index contributed by atoms with van der Waals surface area (Å²) in [6.07, 6.45) is 0. The fourth-order valence-electron chi connectivity index (χ4n) is 1.90. The predicted molar refractivity (Wildman–Crippen MR) is 61.2 cm³/mol. The van der Waals surface area contributed by atoms with Gasteiger partial charge in [-0.05, 0) is 24.3 Å². The summed E-state index contributed by atoms with van der Waals surface area (Å²) in [5.41, 5.74) is 0. The zero-order valence-corrected chi connectivity index (χ0v) is 9.75. The number of benzene rings is 2. The molecule has 0 amide bonds. The van der Waals surface area contributed by atoms with E-state index in [1.165, 1.54) is 0 Å². The molecule has 2 heterocycles. The summed E-state index contributed by atoms with van der Waals surface area (Å²) < 4.78 is 22.8. The minimum Gasteiger partial charge on any atom is -0.448 e. The maximum Gasteiger partial charge on any atom is 0.967 e. The van der Waals surface area contributed by atoms with Gasteiger partial charge in [0.2, 0.25) is 0 Å². The zero-order chi connectivity index (χ0) is 11.3. The zero-order valence-electron chi connectivity index (χ0n) is 8.75. The monoisotopic (exact) mass is 244 g/mol. The molecule has 0 atom stereocenters. The standard InChI is InChI=1S/C12H8O4Si/c1-2-6-10-9(5-1)13-17(14-10)15-11-7-3-4-8-12(11)16-17/h1-8H. The van der Waals surface area contributed by atoms with Gasteiger partial charge < -0.3 is 17.7 Å². The first-order chi connectivity index (χ1) is 8.35. The Labute approximate surface area is 98.8 Å². The van der Waals surface area contributed by atoms with E-state index in [1.54, 1.807) is 0 Å². The number of fused-ring (bicyclic) bond motifs is 2. The smallest absolute Gasteiger partial charge is 0.448 e. The minimum atomic E-state index is -3.08. The van der Waals surface area contributed by atoms with E-state index in [2.05, 4.69) is 0 Å². The van der Waals surface area contributed by atoms with Gasteiger partial charge in [0.1, 0.15) is 0 Å². The highest BCUT2D eigenvalue weighted by Gasteiger charge is 2.66. The van der Waals surface area contributed by atoms with E-state index in [4.69, 9.17) is 17.7 Å². The van der Waals surface area contributed by atoms with Crippen molar-refractivity contribution in [3.8, 4) is 23.0 Å². The summed E-state index contributed by atoms with van der Waals surface area (Å²) in [5, 5.41) is 0. The van der Waals surface area contributed by atoms with Gasteiger partial charge in [0.05, 0.1) is 0 Å². The molecule has 4 rings (SSSR count). The summed E-state index contributed by atoms with van der Waals surface area (Å²) in [6, 6.07) is 14.9. The molecule has 2 aliphatic heterocycles. The van der Waals surface area contributed by atoms with Crippen LogP contribution < -0.4 is 17.7 Å². The molecule has 1 spiro atoms. The van der Waals surface area contributed by atoms with Crippen molar-refractivity contribution in [1.29, 1.82) is 0 Å². The number of rotatable bonds is 0. The third kappa shape index (κ3) is 1.23. The maximum atomic E-state index is 5.71. The average molecular weight is 244 g/mol. The molecule has 0 unspecified atom stereocenters. The van der Waals surface area contributed by atoms with Gasteiger partial charge in [-0.25, -0.2) is 0 Å². The lowest BCUT2D eigenvalue weighted by Gasteiger charge is -2.11. The van der Waals surface area contributed by atoms with Gasteiger partial charge in [-0.2, -0.15) is 0 Å². The predicted octanol–water partition coefficient (Wildman–Crippen LogP) is 2.36. The van der Waals surface area contributed by atoms with Crippen molar-refractivity contribution in [2.45, 2.75) is 0 Å². The Bertz CT molecular complexity index is 492. The fraction of sp³-hybridized carbons (Fsp3) is 0. The molecule has 0 saturated heterocycles. The lowest BCUT2D eigenvalue weighted by Crippen LogP contribution is -2.54. The Morgan fingerprint density at radius 1 is 0.529 bits per heavy atom. The summed E-state index contributed by atoms with van der Waals surface area (Å²) in [4.78, 5) is 0. The van der Waals surface area contributed by atoms with Crippen LogP contribution in [0.1, 0.15) is 0 Å². The number of para-hydroxylation sites is 4. The molecule has 0 radical (unpaired) electrons. The molecular weight excluding hydrogens is 236 g/mol. The topological polar surface area (TPSA) is 36.9 Å². The summed E-state index contributed by atoms with van der Waals surface area (Å²) >= 11 is 0. The molecule has 17 heavy (non-hydrogen) atoms. The molecule has 0 N–H and O–H groups in total. The van der Waals surface area contributed by atoms with Crippen LogP contribution in [-0.4, -0.2) is 9.05 Å². The van der Waals surface area contributed by atoms with Crippen molar-refractivity contribution in [3.05, 3.63) is 48.5 Å². The highest BCUT2D eigenvalue weighted by atomic mass is 28.4. The third-order valence-corrected chi connectivity index (χ3v) is 4.52. The Hall–Kier alpha value is -2.14. The average Bonchev–Trinajstić information content (AvgIpc) is 2.87. The van der Waals surface area contributed by atoms with Crippen LogP contribution in [0.5, 0.6) is 23.0 Å². The Morgan fingerprint density at radius 2 is 0.824 bits per heavy atom. The van der Waals surface area contributed by atoms with Gasteiger partial charge in [-0.1, -0.05) is 24.3 Å². The van der Waals surface area contributed by atoms with Crippen LogP contribution in [0.4, 0.5) is 0 Å². The molecule has 4 nitrogen and oxygen atoms in total. The number of hydrogen-bond donors (Lipinski definition) is 0. The number of hydrogen-bond acceptors (Lipinski definition) is 4. The van der Waals surface area contributed by atoms with Crippen LogP contribution >= 0.6 is 0 Å². The largest absolute Gasteiger partial charge is 0.967 e. The minimum absolute atomic E-state index is 0.673. The van der Waals surface area contributed by atoms with Crippen molar-refractivity contribution < 1.29 is 17.7 Å². The Kier molecular flexibility index (Phi) is 1.55. The first-order valence-electron chi connectivity index (χ1n) is 5.29. The third-order valence-electron chi connectivity index (χ3n) is 2.64. The van der Waals surface area contributed by atoms with Crippen LogP contribution in [0.2, 0.25) is 0 Å². The Balaban J connectivity index is 1.72. The van der Waals surface area contributed by atoms with Gasteiger partial charge >= 0.3 is 9.05 Å². The van der Waals surface area contributed by atoms with Crippen molar-refractivity contribution in [2.24, 2.45) is 0 Å². The van der Waals surface area contributed by atoms with Crippen LogP contribution in [0.25, 0.3) is 0 Å². The lowest BCUT2D eigenvalue weighted by molar-refractivity contribution is 0.224. The second-order valence-corrected chi connectivity index (χ2v) is 5.62. The molecular formula is C12H8O4Si. The van der Waals surface area contributed by atoms with Crippen LogP contribution in [0, 0.1) is 0 Å². The van der Waals surface area contributed by atoms with E-state index in [1.807, 2.05) is 48.5 Å². The summed E-state index contributed by atoms with van der Waals surface area (Å²) in [5.74, 6) is 2.69. The first-order valence-corrected chi connectivity index (χ1v) is 6.92. The van der Waals surface area contributed by atoms with Crippen LogP contribution in [-0.2, 0) is 0 Å². The van der Waals surface area contributed by atoms with Gasteiger partial charge in [0.15, 0.2) is 23.0 Å². The van der Waals surface area contributed by atoms with Gasteiger partial charge in [-0.15, -0.1) is 0 Å². The molecule has 0 saturated carbocycles. The summed E-state index contributed by atoms with van der Waals surface area (Å²) in [6.45, 7) is 0. The van der Waals surface area contributed by atoms with Crippen molar-refractivity contribution in [3.63, 3.8) is 0 Å². The molecule has 84 valence electrons. The molecule has 0 aliphatic carbocycles. The molecule has 0 bridgehead atoms. The molecule has 2 aromatic rings. The highest BCUT2D eigenvalue weighted by molar-refractivity contribution is 6.59. The maximum absolute atomic E-state index is 5.71. The fourth-order valence-corrected chi connectivity index (χ4v) is 3.90. The van der Waals surface area contributed by atoms with E-state index >= 15 is 0 Å². The van der Waals surface area contributed by atoms with E-state index in [0.717, 1.165) is 0 Å². The molecule has 0 aromatic heterocycles. The van der Waals surface area contributed by atoms with Gasteiger partial charge in [-0.3, -0.25) is 0 Å². The molecule has 5 heteroatoms. The van der Waals surface area contributed by atoms with Crippen molar-refractivity contribution >= 4 is 9.05 Å². The van der Waals surface area contributed by atoms with E-state index in [-0.39, 0.29) is 0 Å². The van der Waals surface area contributed by atoms with Crippen molar-refractivity contribution in [2.75, 3.05) is 0 Å². The molecule has 2 aromatic carbocycles. The molecule has 0 fully saturated rings. The second-order valence-electron chi connectivity index (χ2n) is 3.80. The normalized spacial score (nSPS) is 17.4. The van der Waals surface area contributed by atoms with E-state index in [0.29, 0.717) is 23.0 Å². The Morgan fingerprint density at radius 3 is 1.12 bits per heavy atom.